The Balaban J connectivity index is 3.91. The van der Waals surface area contributed by atoms with Crippen LogP contribution in [0.5, 0.6) is 0 Å². The van der Waals surface area contributed by atoms with Crippen molar-refractivity contribution in [2.45, 2.75) is 32.6 Å². The predicted octanol–water partition coefficient (Wildman–Crippen LogP) is 1.91. The van der Waals surface area contributed by atoms with E-state index in [0.29, 0.717) is 12.8 Å². The highest BCUT2D eigenvalue weighted by molar-refractivity contribution is 5.72. The number of carbonyl (C=O) groups is 2. The molecular formula is C10H16O4. The van der Waals surface area contributed by atoms with Crippen molar-refractivity contribution < 1.29 is 19.8 Å². The summed E-state index contributed by atoms with van der Waals surface area (Å²) in [5.41, 5.74) is 0. The zero-order chi connectivity index (χ0) is 11.0. The molecule has 0 spiro atoms. The Morgan fingerprint density at radius 2 is 2.00 bits per heavy atom. The van der Waals surface area contributed by atoms with Crippen LogP contribution in [0.1, 0.15) is 32.6 Å². The molecule has 0 aromatic carbocycles. The largest absolute Gasteiger partial charge is 0.481 e. The fourth-order valence-corrected chi connectivity index (χ4v) is 1.08. The maximum Gasteiger partial charge on any atom is 0.310 e. The summed E-state index contributed by atoms with van der Waals surface area (Å²) in [6.45, 7) is 1.92. The molecule has 0 amide bonds. The number of hydrogen-bond donors (Lipinski definition) is 2. The van der Waals surface area contributed by atoms with Gasteiger partial charge in [-0.05, 0) is 19.3 Å². The number of allylic oxidation sites excluding steroid dienone is 1. The summed E-state index contributed by atoms with van der Waals surface area (Å²) in [6, 6.07) is 0. The number of carboxylic acids is 2. The second kappa shape index (κ2) is 7.12. The maximum absolute atomic E-state index is 10.7. The van der Waals surface area contributed by atoms with Crippen LogP contribution in [-0.4, -0.2) is 22.2 Å². The van der Waals surface area contributed by atoms with Crippen molar-refractivity contribution in [3.8, 4) is 0 Å². The Hall–Kier alpha value is -1.32. The zero-order valence-corrected chi connectivity index (χ0v) is 8.27. The van der Waals surface area contributed by atoms with Crippen LogP contribution in [0.2, 0.25) is 0 Å². The van der Waals surface area contributed by atoms with E-state index in [4.69, 9.17) is 10.2 Å². The highest BCUT2D eigenvalue weighted by Crippen LogP contribution is 2.11. The molecule has 0 bridgehead atoms. The van der Waals surface area contributed by atoms with E-state index >= 15 is 0 Å². The molecule has 4 nitrogen and oxygen atoms in total. The van der Waals surface area contributed by atoms with Crippen molar-refractivity contribution in [1.29, 1.82) is 0 Å². The van der Waals surface area contributed by atoms with E-state index < -0.39 is 17.9 Å². The minimum Gasteiger partial charge on any atom is -0.481 e. The van der Waals surface area contributed by atoms with Gasteiger partial charge < -0.3 is 10.2 Å². The Kier molecular flexibility index (Phi) is 6.45. The van der Waals surface area contributed by atoms with Crippen molar-refractivity contribution in [1.82, 2.24) is 0 Å². The van der Waals surface area contributed by atoms with Crippen LogP contribution in [0.15, 0.2) is 12.2 Å². The minimum atomic E-state index is -0.889. The molecule has 0 radical (unpaired) electrons. The van der Waals surface area contributed by atoms with E-state index in [1.165, 1.54) is 0 Å². The van der Waals surface area contributed by atoms with E-state index in [0.717, 1.165) is 6.42 Å². The lowest BCUT2D eigenvalue weighted by Crippen LogP contribution is -2.11. The van der Waals surface area contributed by atoms with Crippen LogP contribution in [-0.2, 0) is 9.59 Å². The smallest absolute Gasteiger partial charge is 0.310 e. The quantitative estimate of drug-likeness (QED) is 0.615. The number of aliphatic carboxylic acids is 2. The van der Waals surface area contributed by atoms with Crippen LogP contribution < -0.4 is 0 Å². The first-order chi connectivity index (χ1) is 6.57. The normalized spacial score (nSPS) is 12.9. The van der Waals surface area contributed by atoms with Gasteiger partial charge in [-0.25, -0.2) is 0 Å². The van der Waals surface area contributed by atoms with Gasteiger partial charge in [0.05, 0.1) is 5.92 Å². The van der Waals surface area contributed by atoms with Gasteiger partial charge in [-0.15, -0.1) is 0 Å². The first-order valence-corrected chi connectivity index (χ1v) is 4.69. The third-order valence-corrected chi connectivity index (χ3v) is 1.83. The van der Waals surface area contributed by atoms with Gasteiger partial charge in [-0.1, -0.05) is 19.1 Å². The van der Waals surface area contributed by atoms with Gasteiger partial charge in [0, 0.05) is 6.42 Å². The molecule has 0 fully saturated rings. The molecule has 0 saturated carbocycles. The van der Waals surface area contributed by atoms with Crippen molar-refractivity contribution >= 4 is 11.9 Å². The molecule has 0 aromatic heterocycles. The Labute approximate surface area is 83.2 Å². The summed E-state index contributed by atoms with van der Waals surface area (Å²) >= 11 is 0. The molecule has 0 rings (SSSR count). The summed E-state index contributed by atoms with van der Waals surface area (Å²) in [4.78, 5) is 20.9. The summed E-state index contributed by atoms with van der Waals surface area (Å²) in [5, 5.41) is 17.1. The lowest BCUT2D eigenvalue weighted by molar-refractivity contribution is -0.141. The Morgan fingerprint density at radius 1 is 1.36 bits per heavy atom. The molecule has 14 heavy (non-hydrogen) atoms. The molecular weight excluding hydrogens is 184 g/mol. The second-order valence-corrected chi connectivity index (χ2v) is 3.07. The van der Waals surface area contributed by atoms with Crippen molar-refractivity contribution in [3.05, 3.63) is 12.2 Å². The minimum absolute atomic E-state index is 0.0315. The van der Waals surface area contributed by atoms with E-state index in [1.807, 2.05) is 6.92 Å². The maximum atomic E-state index is 10.7. The van der Waals surface area contributed by atoms with E-state index in [9.17, 15) is 9.59 Å². The molecule has 0 aromatic rings. The van der Waals surface area contributed by atoms with Gasteiger partial charge in [0.25, 0.3) is 0 Å². The lowest BCUT2D eigenvalue weighted by Gasteiger charge is -2.05. The fourth-order valence-electron chi connectivity index (χ4n) is 1.08. The SMILES string of the molecule is CCC=CC(CCCC(=O)O)C(=O)O. The van der Waals surface area contributed by atoms with Gasteiger partial charge >= 0.3 is 11.9 Å². The van der Waals surface area contributed by atoms with Crippen LogP contribution >= 0.6 is 0 Å². The first kappa shape index (κ1) is 12.7. The molecule has 2 N–H and O–H groups in total. The summed E-state index contributed by atoms with van der Waals surface area (Å²) in [5.74, 6) is -2.32. The van der Waals surface area contributed by atoms with E-state index in [-0.39, 0.29) is 6.42 Å². The Morgan fingerprint density at radius 3 is 2.43 bits per heavy atom. The van der Waals surface area contributed by atoms with Crippen molar-refractivity contribution in [2.75, 3.05) is 0 Å². The molecule has 0 aliphatic rings. The molecule has 1 unspecified atom stereocenters. The van der Waals surface area contributed by atoms with Crippen molar-refractivity contribution in [3.63, 3.8) is 0 Å². The highest BCUT2D eigenvalue weighted by Gasteiger charge is 2.13. The molecule has 80 valence electrons. The van der Waals surface area contributed by atoms with Crippen LogP contribution in [0.3, 0.4) is 0 Å². The topological polar surface area (TPSA) is 74.6 Å². The van der Waals surface area contributed by atoms with Crippen LogP contribution in [0.4, 0.5) is 0 Å². The molecule has 0 aliphatic carbocycles. The standard InChI is InChI=1S/C10H16O4/c1-2-3-5-8(10(13)14)6-4-7-9(11)12/h3,5,8H,2,4,6-7H2,1H3,(H,11,12)(H,13,14). The number of hydrogen-bond acceptors (Lipinski definition) is 2. The second-order valence-electron chi connectivity index (χ2n) is 3.07. The van der Waals surface area contributed by atoms with Gasteiger partial charge in [0.2, 0.25) is 0 Å². The van der Waals surface area contributed by atoms with Crippen LogP contribution in [0, 0.1) is 5.92 Å². The lowest BCUT2D eigenvalue weighted by atomic mass is 10.0. The third kappa shape index (κ3) is 6.22. The average Bonchev–Trinajstić information content (AvgIpc) is 2.09. The summed E-state index contributed by atoms with van der Waals surface area (Å²) < 4.78 is 0. The zero-order valence-electron chi connectivity index (χ0n) is 8.27. The van der Waals surface area contributed by atoms with E-state index in [1.54, 1.807) is 12.2 Å². The average molecular weight is 200 g/mol. The molecule has 0 aliphatic heterocycles. The fraction of sp³-hybridized carbons (Fsp3) is 0.600. The van der Waals surface area contributed by atoms with Gasteiger partial charge in [0.1, 0.15) is 0 Å². The predicted molar refractivity (Wildman–Crippen MR) is 52.0 cm³/mol. The molecule has 0 heterocycles. The summed E-state index contributed by atoms with van der Waals surface area (Å²) in [7, 11) is 0. The van der Waals surface area contributed by atoms with Crippen molar-refractivity contribution in [2.24, 2.45) is 5.92 Å². The molecule has 0 saturated heterocycles. The van der Waals surface area contributed by atoms with Gasteiger partial charge in [0.15, 0.2) is 0 Å². The van der Waals surface area contributed by atoms with Gasteiger partial charge in [-0.2, -0.15) is 0 Å². The highest BCUT2D eigenvalue weighted by atomic mass is 16.4. The summed E-state index contributed by atoms with van der Waals surface area (Å²) in [6.07, 6.45) is 5.04. The monoisotopic (exact) mass is 200 g/mol. The number of carboxylic acid groups (broad SMARTS) is 2. The first-order valence-electron chi connectivity index (χ1n) is 4.69. The molecule has 1 atom stereocenters. The Bertz CT molecular complexity index is 220. The van der Waals surface area contributed by atoms with Crippen LogP contribution in [0.25, 0.3) is 0 Å². The number of rotatable bonds is 7. The van der Waals surface area contributed by atoms with E-state index in [2.05, 4.69) is 0 Å². The molecule has 4 heteroatoms. The van der Waals surface area contributed by atoms with Gasteiger partial charge in [-0.3, -0.25) is 9.59 Å². The third-order valence-electron chi connectivity index (χ3n) is 1.83.